The second kappa shape index (κ2) is 14.6. The van der Waals surface area contributed by atoms with E-state index in [1.807, 2.05) is 6.92 Å². The zero-order valence-electron chi connectivity index (χ0n) is 19.5. The van der Waals surface area contributed by atoms with Gasteiger partial charge in [-0.3, -0.25) is 0 Å². The van der Waals surface area contributed by atoms with Crippen LogP contribution in [0.5, 0.6) is 0 Å². The van der Waals surface area contributed by atoms with Gasteiger partial charge in [0.15, 0.2) is 5.60 Å². The van der Waals surface area contributed by atoms with Crippen LogP contribution in [0, 0.1) is 11.8 Å². The fourth-order valence-corrected chi connectivity index (χ4v) is 4.14. The van der Waals surface area contributed by atoms with Crippen molar-refractivity contribution < 1.29 is 14.3 Å². The first kappa shape index (κ1) is 25.7. The Bertz CT molecular complexity index is 538. The molecule has 1 aromatic carbocycles. The summed E-state index contributed by atoms with van der Waals surface area (Å²) >= 11 is 0. The number of esters is 1. The van der Waals surface area contributed by atoms with E-state index in [9.17, 15) is 4.79 Å². The molecule has 0 amide bonds. The van der Waals surface area contributed by atoms with Crippen LogP contribution in [-0.2, 0) is 20.7 Å². The van der Waals surface area contributed by atoms with Gasteiger partial charge in [-0.25, -0.2) is 4.79 Å². The quantitative estimate of drug-likeness (QED) is 0.279. The van der Waals surface area contributed by atoms with E-state index in [1.54, 1.807) is 0 Å². The van der Waals surface area contributed by atoms with Crippen molar-refractivity contribution in [1.29, 1.82) is 0 Å². The summed E-state index contributed by atoms with van der Waals surface area (Å²) in [6.07, 6.45) is 8.79. The summed E-state index contributed by atoms with van der Waals surface area (Å²) in [4.78, 5) is 13.2. The lowest BCUT2D eigenvalue weighted by atomic mass is 9.78. The van der Waals surface area contributed by atoms with Gasteiger partial charge in [0.25, 0.3) is 0 Å². The topological polar surface area (TPSA) is 35.5 Å². The van der Waals surface area contributed by atoms with Gasteiger partial charge in [-0.15, -0.1) is 0 Å². The highest BCUT2D eigenvalue weighted by Crippen LogP contribution is 2.36. The molecule has 2 atom stereocenters. The number of carbonyl (C=O) groups is 1. The summed E-state index contributed by atoms with van der Waals surface area (Å²) in [6, 6.07) is 10.6. The lowest BCUT2D eigenvalue weighted by molar-refractivity contribution is -0.186. The standard InChI is InChI=1S/C26H44O3/c1-6-15-24(19-14-18-23-16-12-11-13-17-23)26(10-5,25(27)28-20-7-2)29-21-22(8-3)9-4/h11-13,16-17,22,24H,6-10,14-15,18-21H2,1-5H3. The number of aryl methyl sites for hydroxylation is 1. The Hall–Kier alpha value is -1.35. The van der Waals surface area contributed by atoms with Crippen molar-refractivity contribution in [2.75, 3.05) is 13.2 Å². The van der Waals surface area contributed by atoms with E-state index >= 15 is 0 Å². The third kappa shape index (κ3) is 8.12. The van der Waals surface area contributed by atoms with Crippen molar-refractivity contribution >= 4 is 5.97 Å². The van der Waals surface area contributed by atoms with Crippen molar-refractivity contribution in [3.63, 3.8) is 0 Å². The van der Waals surface area contributed by atoms with Gasteiger partial charge in [-0.05, 0) is 55.9 Å². The van der Waals surface area contributed by atoms with Gasteiger partial charge in [0.2, 0.25) is 0 Å². The fourth-order valence-electron chi connectivity index (χ4n) is 4.14. The Labute approximate surface area is 179 Å². The van der Waals surface area contributed by atoms with Gasteiger partial charge < -0.3 is 9.47 Å². The first-order valence-electron chi connectivity index (χ1n) is 11.9. The molecule has 0 heterocycles. The zero-order valence-corrected chi connectivity index (χ0v) is 19.5. The van der Waals surface area contributed by atoms with Crippen molar-refractivity contribution in [1.82, 2.24) is 0 Å². The SMILES string of the molecule is CCCOC(=O)C(CC)(OCC(CC)CC)C(CCC)CCCc1ccccc1. The van der Waals surface area contributed by atoms with Gasteiger partial charge in [-0.1, -0.05) is 84.2 Å². The molecule has 0 bridgehead atoms. The summed E-state index contributed by atoms with van der Waals surface area (Å²) in [5, 5.41) is 0. The van der Waals surface area contributed by atoms with Gasteiger partial charge in [-0.2, -0.15) is 0 Å². The molecule has 0 saturated heterocycles. The molecule has 166 valence electrons. The molecule has 0 aliphatic carbocycles. The molecule has 1 aromatic rings. The Morgan fingerprint density at radius 2 is 1.66 bits per heavy atom. The number of ether oxygens (including phenoxy) is 2. The normalized spacial score (nSPS) is 14.6. The third-order valence-electron chi connectivity index (χ3n) is 6.20. The maximum atomic E-state index is 13.2. The van der Waals surface area contributed by atoms with Gasteiger partial charge >= 0.3 is 5.97 Å². The zero-order chi connectivity index (χ0) is 21.5. The second-order valence-corrected chi connectivity index (χ2v) is 8.24. The second-order valence-electron chi connectivity index (χ2n) is 8.24. The van der Waals surface area contributed by atoms with Crippen LogP contribution in [0.15, 0.2) is 30.3 Å². The highest BCUT2D eigenvalue weighted by atomic mass is 16.6. The maximum Gasteiger partial charge on any atom is 0.338 e. The highest BCUT2D eigenvalue weighted by Gasteiger charge is 2.46. The van der Waals surface area contributed by atoms with E-state index in [4.69, 9.17) is 9.47 Å². The summed E-state index contributed by atoms with van der Waals surface area (Å²) in [6.45, 7) is 11.8. The van der Waals surface area contributed by atoms with E-state index in [0.29, 0.717) is 25.6 Å². The molecule has 0 aliphatic rings. The summed E-state index contributed by atoms with van der Waals surface area (Å²) < 4.78 is 12.2. The first-order chi connectivity index (χ1) is 14.1. The van der Waals surface area contributed by atoms with Crippen LogP contribution in [0.1, 0.15) is 91.5 Å². The molecule has 0 spiro atoms. The lowest BCUT2D eigenvalue weighted by Crippen LogP contribution is -2.50. The Morgan fingerprint density at radius 3 is 2.21 bits per heavy atom. The minimum absolute atomic E-state index is 0.147. The lowest BCUT2D eigenvalue weighted by Gasteiger charge is -2.39. The van der Waals surface area contributed by atoms with Crippen LogP contribution >= 0.6 is 0 Å². The number of carbonyl (C=O) groups excluding carboxylic acids is 1. The van der Waals surface area contributed by atoms with Crippen molar-refractivity contribution in [3.05, 3.63) is 35.9 Å². The van der Waals surface area contributed by atoms with E-state index in [1.165, 1.54) is 5.56 Å². The average Bonchev–Trinajstić information content (AvgIpc) is 2.76. The molecule has 3 heteroatoms. The largest absolute Gasteiger partial charge is 0.464 e. The van der Waals surface area contributed by atoms with Crippen molar-refractivity contribution in [2.24, 2.45) is 11.8 Å². The van der Waals surface area contributed by atoms with Gasteiger partial charge in [0, 0.05) is 0 Å². The Kier molecular flexibility index (Phi) is 12.9. The molecule has 1 rings (SSSR count). The highest BCUT2D eigenvalue weighted by molar-refractivity contribution is 5.80. The van der Waals surface area contributed by atoms with Crippen LogP contribution in [0.25, 0.3) is 0 Å². The molecule has 2 unspecified atom stereocenters. The third-order valence-corrected chi connectivity index (χ3v) is 6.20. The molecule has 0 fully saturated rings. The molecule has 0 aliphatic heterocycles. The van der Waals surface area contributed by atoms with Crippen LogP contribution in [0.2, 0.25) is 0 Å². The molecule has 0 N–H and O–H groups in total. The number of rotatable bonds is 16. The van der Waals surface area contributed by atoms with Crippen LogP contribution in [0.3, 0.4) is 0 Å². The van der Waals surface area contributed by atoms with E-state index in [2.05, 4.69) is 58.0 Å². The summed E-state index contributed by atoms with van der Waals surface area (Å²) in [5.41, 5.74) is 0.543. The predicted molar refractivity (Wildman–Crippen MR) is 122 cm³/mol. The van der Waals surface area contributed by atoms with E-state index in [-0.39, 0.29) is 11.9 Å². The van der Waals surface area contributed by atoms with Crippen LogP contribution in [-0.4, -0.2) is 24.8 Å². The summed E-state index contributed by atoms with van der Waals surface area (Å²) in [5.74, 6) is 0.539. The molecule has 0 aromatic heterocycles. The van der Waals surface area contributed by atoms with Crippen molar-refractivity contribution in [3.8, 4) is 0 Å². The molecular formula is C26H44O3. The molecular weight excluding hydrogens is 360 g/mol. The first-order valence-corrected chi connectivity index (χ1v) is 11.9. The Balaban J connectivity index is 2.98. The van der Waals surface area contributed by atoms with Crippen LogP contribution < -0.4 is 0 Å². The minimum Gasteiger partial charge on any atom is -0.464 e. The van der Waals surface area contributed by atoms with E-state index < -0.39 is 5.60 Å². The fraction of sp³-hybridized carbons (Fsp3) is 0.731. The summed E-state index contributed by atoms with van der Waals surface area (Å²) in [7, 11) is 0. The molecule has 29 heavy (non-hydrogen) atoms. The number of benzene rings is 1. The molecule has 0 radical (unpaired) electrons. The average molecular weight is 405 g/mol. The minimum atomic E-state index is -0.815. The van der Waals surface area contributed by atoms with Crippen molar-refractivity contribution in [2.45, 2.75) is 98.0 Å². The monoisotopic (exact) mass is 404 g/mol. The number of hydrogen-bond donors (Lipinski definition) is 0. The predicted octanol–water partition coefficient (Wildman–Crippen LogP) is 6.98. The molecule has 3 nitrogen and oxygen atoms in total. The molecule has 0 saturated carbocycles. The maximum absolute atomic E-state index is 13.2. The van der Waals surface area contributed by atoms with Gasteiger partial charge in [0.1, 0.15) is 0 Å². The van der Waals surface area contributed by atoms with E-state index in [0.717, 1.165) is 51.4 Å². The van der Waals surface area contributed by atoms with Gasteiger partial charge in [0.05, 0.1) is 13.2 Å². The Morgan fingerprint density at radius 1 is 0.966 bits per heavy atom. The smallest absolute Gasteiger partial charge is 0.338 e. The number of hydrogen-bond acceptors (Lipinski definition) is 3. The van der Waals surface area contributed by atoms with Crippen LogP contribution in [0.4, 0.5) is 0 Å².